The van der Waals surface area contributed by atoms with Gasteiger partial charge in [-0.05, 0) is 89.9 Å². The fourth-order valence-corrected chi connectivity index (χ4v) is 4.58. The number of ether oxygens (including phenoxy) is 2. The third-order valence-electron chi connectivity index (χ3n) is 4.55. The van der Waals surface area contributed by atoms with Gasteiger partial charge < -0.3 is 14.6 Å². The standard InChI is InChI=1S/C23H22BrNO6S/c1-4-30-18-10-15(11-19-21(26)25(13(2)3)23(29)32-19)9-17(24)20(18)31-12-14-5-7-16(8-6-14)22(27)28/h5-11,13H,4,12H2,1-3H3,(H,27,28)/b19-11+. The number of rotatable bonds is 8. The number of carboxylic acids is 1. The minimum atomic E-state index is -0.985. The Hall–Kier alpha value is -2.78. The lowest BCUT2D eigenvalue weighted by atomic mass is 10.1. The van der Waals surface area contributed by atoms with Crippen LogP contribution in [0.4, 0.5) is 4.79 Å². The van der Waals surface area contributed by atoms with Gasteiger partial charge in [-0.3, -0.25) is 14.5 Å². The van der Waals surface area contributed by atoms with Gasteiger partial charge >= 0.3 is 5.97 Å². The minimum Gasteiger partial charge on any atom is -0.490 e. The molecule has 2 aromatic rings. The van der Waals surface area contributed by atoms with Crippen LogP contribution in [0.5, 0.6) is 11.5 Å². The maximum absolute atomic E-state index is 12.6. The molecule has 1 saturated heterocycles. The van der Waals surface area contributed by atoms with E-state index >= 15 is 0 Å². The number of halogens is 1. The molecule has 168 valence electrons. The molecule has 0 aliphatic carbocycles. The van der Waals surface area contributed by atoms with Crippen LogP contribution in [0.15, 0.2) is 45.8 Å². The lowest BCUT2D eigenvalue weighted by Crippen LogP contribution is -2.34. The highest BCUT2D eigenvalue weighted by molar-refractivity contribution is 9.10. The van der Waals surface area contributed by atoms with Crippen LogP contribution in [-0.4, -0.2) is 39.8 Å². The van der Waals surface area contributed by atoms with E-state index in [4.69, 9.17) is 14.6 Å². The van der Waals surface area contributed by atoms with Crippen molar-refractivity contribution in [3.63, 3.8) is 0 Å². The summed E-state index contributed by atoms with van der Waals surface area (Å²) in [7, 11) is 0. The average Bonchev–Trinajstić information content (AvgIpc) is 3.01. The average molecular weight is 520 g/mol. The maximum atomic E-state index is 12.6. The van der Waals surface area contributed by atoms with Crippen molar-refractivity contribution in [3.8, 4) is 11.5 Å². The summed E-state index contributed by atoms with van der Waals surface area (Å²) >= 11 is 4.42. The number of carbonyl (C=O) groups excluding carboxylic acids is 2. The molecule has 0 unspecified atom stereocenters. The monoisotopic (exact) mass is 519 g/mol. The number of benzene rings is 2. The molecular formula is C23H22BrNO6S. The fourth-order valence-electron chi connectivity index (χ4n) is 3.05. The summed E-state index contributed by atoms with van der Waals surface area (Å²) in [6.07, 6.45) is 1.66. The van der Waals surface area contributed by atoms with Crippen molar-refractivity contribution in [1.82, 2.24) is 4.90 Å². The highest BCUT2D eigenvalue weighted by atomic mass is 79.9. The summed E-state index contributed by atoms with van der Waals surface area (Å²) in [5.41, 5.74) is 1.69. The highest BCUT2D eigenvalue weighted by Crippen LogP contribution is 2.40. The van der Waals surface area contributed by atoms with Gasteiger partial charge in [-0.2, -0.15) is 0 Å². The third-order valence-corrected chi connectivity index (χ3v) is 6.03. The quantitative estimate of drug-likeness (QED) is 0.455. The van der Waals surface area contributed by atoms with E-state index < -0.39 is 5.97 Å². The van der Waals surface area contributed by atoms with E-state index in [1.165, 1.54) is 17.0 Å². The Labute approximate surface area is 198 Å². The normalized spacial score (nSPS) is 15.0. The van der Waals surface area contributed by atoms with Gasteiger partial charge in [0.05, 0.1) is 21.5 Å². The SMILES string of the molecule is CCOc1cc(/C=C2/SC(=O)N(C(C)C)C2=O)cc(Br)c1OCc1ccc(C(=O)O)cc1. The first kappa shape index (κ1) is 23.9. The Morgan fingerprint density at radius 3 is 2.44 bits per heavy atom. The molecule has 9 heteroatoms. The number of carbonyl (C=O) groups is 3. The van der Waals surface area contributed by atoms with E-state index in [1.807, 2.05) is 6.92 Å². The van der Waals surface area contributed by atoms with Crippen molar-refractivity contribution in [3.05, 3.63) is 62.5 Å². The molecule has 0 radical (unpaired) electrons. The Kier molecular flexibility index (Phi) is 7.63. The van der Waals surface area contributed by atoms with Gasteiger partial charge in [0, 0.05) is 6.04 Å². The molecular weight excluding hydrogens is 498 g/mol. The van der Waals surface area contributed by atoms with E-state index in [2.05, 4.69) is 15.9 Å². The fraction of sp³-hybridized carbons (Fsp3) is 0.261. The van der Waals surface area contributed by atoms with Crippen LogP contribution in [0.2, 0.25) is 0 Å². The smallest absolute Gasteiger partial charge is 0.335 e. The molecule has 0 aromatic heterocycles. The zero-order valence-electron chi connectivity index (χ0n) is 17.8. The summed E-state index contributed by atoms with van der Waals surface area (Å²) in [4.78, 5) is 37.3. The second kappa shape index (κ2) is 10.2. The Balaban J connectivity index is 1.84. The van der Waals surface area contributed by atoms with Crippen molar-refractivity contribution in [2.45, 2.75) is 33.4 Å². The predicted octanol–water partition coefficient (Wildman–Crippen LogP) is 5.57. The predicted molar refractivity (Wildman–Crippen MR) is 126 cm³/mol. The van der Waals surface area contributed by atoms with Crippen molar-refractivity contribution < 1.29 is 29.0 Å². The molecule has 3 rings (SSSR count). The molecule has 0 saturated carbocycles. The van der Waals surface area contributed by atoms with Crippen molar-refractivity contribution >= 4 is 50.9 Å². The lowest BCUT2D eigenvalue weighted by Gasteiger charge is -2.16. The summed E-state index contributed by atoms with van der Waals surface area (Å²) in [6.45, 7) is 6.06. The summed E-state index contributed by atoms with van der Waals surface area (Å²) in [6, 6.07) is 9.75. The van der Waals surface area contributed by atoms with E-state index in [0.29, 0.717) is 33.0 Å². The van der Waals surface area contributed by atoms with E-state index in [1.54, 1.807) is 44.2 Å². The van der Waals surface area contributed by atoms with Gasteiger partial charge in [-0.25, -0.2) is 4.79 Å². The first-order chi connectivity index (χ1) is 15.2. The Morgan fingerprint density at radius 1 is 1.19 bits per heavy atom. The minimum absolute atomic E-state index is 0.205. The number of carboxylic acid groups (broad SMARTS) is 1. The second-order valence-electron chi connectivity index (χ2n) is 7.20. The number of hydrogen-bond donors (Lipinski definition) is 1. The summed E-state index contributed by atoms with van der Waals surface area (Å²) in [5, 5.41) is 8.73. The molecule has 1 heterocycles. The number of imide groups is 1. The summed E-state index contributed by atoms with van der Waals surface area (Å²) in [5.74, 6) is -0.324. The van der Waals surface area contributed by atoms with E-state index in [9.17, 15) is 14.4 Å². The first-order valence-corrected chi connectivity index (χ1v) is 11.5. The molecule has 0 spiro atoms. The van der Waals surface area contributed by atoms with Crippen LogP contribution in [0.1, 0.15) is 42.3 Å². The number of nitrogens with zero attached hydrogens (tertiary/aromatic N) is 1. The largest absolute Gasteiger partial charge is 0.490 e. The van der Waals surface area contributed by atoms with Crippen molar-refractivity contribution in [2.24, 2.45) is 0 Å². The zero-order valence-corrected chi connectivity index (χ0v) is 20.2. The van der Waals surface area contributed by atoms with Gasteiger partial charge in [-0.15, -0.1) is 0 Å². The van der Waals surface area contributed by atoms with Crippen LogP contribution in [0.25, 0.3) is 6.08 Å². The molecule has 1 aliphatic rings. The molecule has 1 N–H and O–H groups in total. The van der Waals surface area contributed by atoms with Gasteiger partial charge in [0.25, 0.3) is 11.1 Å². The van der Waals surface area contributed by atoms with Gasteiger partial charge in [0.2, 0.25) is 0 Å². The molecule has 1 aliphatic heterocycles. The number of thioether (sulfide) groups is 1. The van der Waals surface area contributed by atoms with Crippen molar-refractivity contribution in [2.75, 3.05) is 6.61 Å². The molecule has 2 aromatic carbocycles. The van der Waals surface area contributed by atoms with Crippen molar-refractivity contribution in [1.29, 1.82) is 0 Å². The first-order valence-electron chi connectivity index (χ1n) is 9.89. The molecule has 7 nitrogen and oxygen atoms in total. The Morgan fingerprint density at radius 2 is 1.88 bits per heavy atom. The number of hydrogen-bond acceptors (Lipinski definition) is 6. The second-order valence-corrected chi connectivity index (χ2v) is 9.05. The molecule has 2 amide bonds. The molecule has 1 fully saturated rings. The van der Waals surface area contributed by atoms with E-state index in [0.717, 1.165) is 17.3 Å². The molecule has 32 heavy (non-hydrogen) atoms. The van der Waals surface area contributed by atoms with Gasteiger partial charge in [0.1, 0.15) is 6.61 Å². The lowest BCUT2D eigenvalue weighted by molar-refractivity contribution is -0.123. The van der Waals surface area contributed by atoms with Crippen LogP contribution >= 0.6 is 27.7 Å². The van der Waals surface area contributed by atoms with Crippen LogP contribution < -0.4 is 9.47 Å². The molecule has 0 atom stereocenters. The van der Waals surface area contributed by atoms with Gasteiger partial charge in [0.15, 0.2) is 11.5 Å². The van der Waals surface area contributed by atoms with Gasteiger partial charge in [-0.1, -0.05) is 12.1 Å². The van der Waals surface area contributed by atoms with Crippen LogP contribution in [0, 0.1) is 0 Å². The summed E-state index contributed by atoms with van der Waals surface area (Å²) < 4.78 is 12.3. The number of aromatic carboxylic acids is 1. The van der Waals surface area contributed by atoms with Crippen LogP contribution in [0.3, 0.4) is 0 Å². The Bertz CT molecular complexity index is 1080. The highest BCUT2D eigenvalue weighted by Gasteiger charge is 2.36. The van der Waals surface area contributed by atoms with Crippen LogP contribution in [-0.2, 0) is 11.4 Å². The molecule has 0 bridgehead atoms. The zero-order chi connectivity index (χ0) is 23.4. The topological polar surface area (TPSA) is 93.1 Å². The third kappa shape index (κ3) is 5.34. The number of amides is 2. The van der Waals surface area contributed by atoms with E-state index in [-0.39, 0.29) is 29.4 Å². The maximum Gasteiger partial charge on any atom is 0.335 e.